The van der Waals surface area contributed by atoms with Gasteiger partial charge in [0.15, 0.2) is 0 Å². The molecule has 0 aliphatic heterocycles. The summed E-state index contributed by atoms with van der Waals surface area (Å²) >= 11 is 0. The Morgan fingerprint density at radius 3 is 2.57 bits per heavy atom. The van der Waals surface area contributed by atoms with Crippen LogP contribution in [0.4, 0.5) is 4.39 Å². The molecule has 14 heavy (non-hydrogen) atoms. The first kappa shape index (κ1) is 11.0. The summed E-state index contributed by atoms with van der Waals surface area (Å²) in [5.74, 6) is -0.169. The van der Waals surface area contributed by atoms with E-state index in [-0.39, 0.29) is 11.0 Å². The Morgan fingerprint density at radius 2 is 2.07 bits per heavy atom. The highest BCUT2D eigenvalue weighted by Crippen LogP contribution is 2.14. The minimum atomic E-state index is -1.72. The van der Waals surface area contributed by atoms with E-state index in [2.05, 4.69) is 0 Å². The fourth-order valence-corrected chi connectivity index (χ4v) is 1.28. The average molecular weight is 198 g/mol. The summed E-state index contributed by atoms with van der Waals surface area (Å²) in [5.41, 5.74) is 0.290. The summed E-state index contributed by atoms with van der Waals surface area (Å²) in [7, 11) is -1.72. The second kappa shape index (κ2) is 4.44. The van der Waals surface area contributed by atoms with Crippen LogP contribution in [0, 0.1) is 12.7 Å². The molecule has 2 N–H and O–H groups in total. The van der Waals surface area contributed by atoms with Gasteiger partial charge in [0, 0.05) is 5.46 Å². The molecule has 0 aromatic heterocycles. The van der Waals surface area contributed by atoms with Crippen LogP contribution >= 0.6 is 0 Å². The third kappa shape index (κ3) is 2.05. The third-order valence-electron chi connectivity index (χ3n) is 1.97. The summed E-state index contributed by atoms with van der Waals surface area (Å²) in [5, 5.41) is 18.1. The van der Waals surface area contributed by atoms with E-state index in [1.54, 1.807) is 6.92 Å². The number of ether oxygens (including phenoxy) is 1. The van der Waals surface area contributed by atoms with Crippen LogP contribution in [0.25, 0.3) is 0 Å². The molecule has 0 unspecified atom stereocenters. The van der Waals surface area contributed by atoms with Gasteiger partial charge in [-0.2, -0.15) is 0 Å². The molecule has 3 nitrogen and oxygen atoms in total. The third-order valence-corrected chi connectivity index (χ3v) is 1.97. The number of hydrogen-bond donors (Lipinski definition) is 2. The van der Waals surface area contributed by atoms with Crippen molar-refractivity contribution in [2.45, 2.75) is 13.8 Å². The van der Waals surface area contributed by atoms with Gasteiger partial charge in [0.25, 0.3) is 0 Å². The molecule has 0 aliphatic rings. The largest absolute Gasteiger partial charge is 0.494 e. The van der Waals surface area contributed by atoms with E-state index in [4.69, 9.17) is 14.8 Å². The highest BCUT2D eigenvalue weighted by molar-refractivity contribution is 6.60. The Kier molecular flexibility index (Phi) is 3.49. The van der Waals surface area contributed by atoms with Crippen LogP contribution in [0.3, 0.4) is 0 Å². The second-order valence-corrected chi connectivity index (χ2v) is 2.89. The molecule has 0 atom stereocenters. The van der Waals surface area contributed by atoms with Gasteiger partial charge in [-0.15, -0.1) is 0 Å². The van der Waals surface area contributed by atoms with Gasteiger partial charge in [-0.05, 0) is 31.5 Å². The maximum Gasteiger partial charge on any atom is 0.492 e. The van der Waals surface area contributed by atoms with E-state index in [0.29, 0.717) is 12.4 Å². The Labute approximate surface area is 82.3 Å². The first-order valence-corrected chi connectivity index (χ1v) is 4.35. The minimum absolute atomic E-state index is 0.0897. The minimum Gasteiger partial charge on any atom is -0.494 e. The molecule has 0 spiro atoms. The molecule has 0 aliphatic carbocycles. The standard InChI is InChI=1S/C9H12BFO3/c1-3-14-8-5-4-7(11)6(2)9(8)10(12)13/h4-5,12-13H,3H2,1-2H3. The van der Waals surface area contributed by atoms with Crippen LogP contribution in [0.15, 0.2) is 12.1 Å². The fourth-order valence-electron chi connectivity index (χ4n) is 1.28. The molecule has 0 bridgehead atoms. The molecule has 76 valence electrons. The Balaban J connectivity index is 3.23. The summed E-state index contributed by atoms with van der Waals surface area (Å²) in [6, 6.07) is 2.63. The van der Waals surface area contributed by atoms with Crippen molar-refractivity contribution >= 4 is 12.6 Å². The van der Waals surface area contributed by atoms with Crippen LogP contribution < -0.4 is 10.2 Å². The molecule has 1 aromatic carbocycles. The lowest BCUT2D eigenvalue weighted by Crippen LogP contribution is -2.34. The van der Waals surface area contributed by atoms with Crippen LogP contribution in [0.5, 0.6) is 5.75 Å². The first-order chi connectivity index (χ1) is 6.57. The topological polar surface area (TPSA) is 49.7 Å². The molecule has 1 aromatic rings. The summed E-state index contributed by atoms with van der Waals surface area (Å²) < 4.78 is 18.2. The second-order valence-electron chi connectivity index (χ2n) is 2.89. The van der Waals surface area contributed by atoms with Gasteiger partial charge < -0.3 is 14.8 Å². The first-order valence-electron chi connectivity index (χ1n) is 4.35. The highest BCUT2D eigenvalue weighted by Gasteiger charge is 2.21. The predicted molar refractivity (Wildman–Crippen MR) is 52.1 cm³/mol. The van der Waals surface area contributed by atoms with Gasteiger partial charge in [0.1, 0.15) is 11.6 Å². The van der Waals surface area contributed by atoms with Crippen LogP contribution in [0.2, 0.25) is 0 Å². The zero-order valence-electron chi connectivity index (χ0n) is 8.12. The number of benzene rings is 1. The molecule has 0 amide bonds. The Bertz CT molecular complexity index is 328. The van der Waals surface area contributed by atoms with Crippen molar-refractivity contribution in [3.8, 4) is 5.75 Å². The number of rotatable bonds is 3. The SMILES string of the molecule is CCOc1ccc(F)c(C)c1B(O)O. The lowest BCUT2D eigenvalue weighted by atomic mass is 9.76. The predicted octanol–water partition coefficient (Wildman–Crippen LogP) is 0.213. The zero-order valence-corrected chi connectivity index (χ0v) is 8.12. The van der Waals surface area contributed by atoms with Crippen molar-refractivity contribution in [3.05, 3.63) is 23.5 Å². The molecule has 0 radical (unpaired) electrons. The Hall–Kier alpha value is -1.07. The normalized spacial score (nSPS) is 10.1. The quantitative estimate of drug-likeness (QED) is 0.682. The van der Waals surface area contributed by atoms with Gasteiger partial charge >= 0.3 is 7.12 Å². The zero-order chi connectivity index (χ0) is 10.7. The van der Waals surface area contributed by atoms with Crippen LogP contribution in [0.1, 0.15) is 12.5 Å². The summed E-state index contributed by atoms with van der Waals surface area (Å²) in [6.45, 7) is 3.64. The van der Waals surface area contributed by atoms with Crippen LogP contribution in [-0.4, -0.2) is 23.8 Å². The lowest BCUT2D eigenvalue weighted by Gasteiger charge is -2.12. The van der Waals surface area contributed by atoms with E-state index in [1.807, 2.05) is 0 Å². The van der Waals surface area contributed by atoms with Crippen molar-refractivity contribution < 1.29 is 19.2 Å². The average Bonchev–Trinajstić information content (AvgIpc) is 2.11. The van der Waals surface area contributed by atoms with Crippen molar-refractivity contribution in [2.24, 2.45) is 0 Å². The lowest BCUT2D eigenvalue weighted by molar-refractivity contribution is 0.339. The van der Waals surface area contributed by atoms with E-state index < -0.39 is 12.9 Å². The van der Waals surface area contributed by atoms with E-state index in [1.165, 1.54) is 19.1 Å². The molecule has 5 heteroatoms. The smallest absolute Gasteiger partial charge is 0.492 e. The van der Waals surface area contributed by atoms with Gasteiger partial charge in [-0.3, -0.25) is 0 Å². The number of hydrogen-bond acceptors (Lipinski definition) is 3. The molecule has 0 heterocycles. The molecular formula is C9H12BFO3. The van der Waals surface area contributed by atoms with Crippen molar-refractivity contribution in [2.75, 3.05) is 6.61 Å². The maximum atomic E-state index is 13.1. The molecule has 0 saturated carbocycles. The molecule has 0 saturated heterocycles. The number of halogens is 1. The maximum absolute atomic E-state index is 13.1. The van der Waals surface area contributed by atoms with Crippen molar-refractivity contribution in [1.82, 2.24) is 0 Å². The molecule has 0 fully saturated rings. The fraction of sp³-hybridized carbons (Fsp3) is 0.333. The van der Waals surface area contributed by atoms with Crippen molar-refractivity contribution in [1.29, 1.82) is 0 Å². The van der Waals surface area contributed by atoms with E-state index in [9.17, 15) is 4.39 Å². The monoisotopic (exact) mass is 198 g/mol. The molecular weight excluding hydrogens is 186 g/mol. The van der Waals surface area contributed by atoms with Crippen LogP contribution in [-0.2, 0) is 0 Å². The van der Waals surface area contributed by atoms with E-state index in [0.717, 1.165) is 0 Å². The van der Waals surface area contributed by atoms with Gasteiger partial charge in [0.05, 0.1) is 6.61 Å². The van der Waals surface area contributed by atoms with Gasteiger partial charge in [0.2, 0.25) is 0 Å². The van der Waals surface area contributed by atoms with Gasteiger partial charge in [-0.1, -0.05) is 0 Å². The Morgan fingerprint density at radius 1 is 1.43 bits per heavy atom. The summed E-state index contributed by atoms with van der Waals surface area (Å²) in [4.78, 5) is 0. The van der Waals surface area contributed by atoms with Gasteiger partial charge in [-0.25, -0.2) is 4.39 Å². The summed E-state index contributed by atoms with van der Waals surface area (Å²) in [6.07, 6.45) is 0. The van der Waals surface area contributed by atoms with Crippen molar-refractivity contribution in [3.63, 3.8) is 0 Å². The molecule has 1 rings (SSSR count). The highest BCUT2D eigenvalue weighted by atomic mass is 19.1. The van der Waals surface area contributed by atoms with E-state index >= 15 is 0 Å².